The molecule has 64 valence electrons. The Morgan fingerprint density at radius 2 is 2.58 bits per heavy atom. The van der Waals surface area contributed by atoms with Crippen LogP contribution in [0, 0.1) is 6.92 Å². The van der Waals surface area contributed by atoms with Gasteiger partial charge in [-0.25, -0.2) is 9.78 Å². The van der Waals surface area contributed by atoms with Crippen LogP contribution in [0.3, 0.4) is 0 Å². The molecule has 0 fully saturated rings. The molecule has 0 saturated carbocycles. The number of hydrogen-bond donors (Lipinski definition) is 1. The Kier molecular flexibility index (Phi) is 2.28. The molecule has 0 aliphatic rings. The second-order valence-electron chi connectivity index (χ2n) is 2.40. The van der Waals surface area contributed by atoms with E-state index in [-0.39, 0.29) is 0 Å². The summed E-state index contributed by atoms with van der Waals surface area (Å²) < 4.78 is 1.55. The molecule has 0 saturated heterocycles. The summed E-state index contributed by atoms with van der Waals surface area (Å²) in [5, 5.41) is 8.75. The number of carboxylic acid groups (broad SMARTS) is 1. The Bertz CT molecular complexity index is 304. The smallest absolute Gasteiger partial charge is 0.330 e. The van der Waals surface area contributed by atoms with E-state index >= 15 is 0 Å². The third kappa shape index (κ3) is 1.37. The van der Waals surface area contributed by atoms with Gasteiger partial charge in [-0.05, 0) is 6.92 Å². The van der Waals surface area contributed by atoms with Crippen LogP contribution >= 0.6 is 0 Å². The normalized spacial score (nSPS) is 12.4. The molecule has 1 aromatic rings. The minimum absolute atomic E-state index is 0.669. The van der Waals surface area contributed by atoms with Crippen molar-refractivity contribution in [2.24, 2.45) is 0 Å². The molecule has 0 amide bonds. The zero-order valence-corrected chi connectivity index (χ0v) is 6.77. The first-order chi connectivity index (χ1) is 5.66. The van der Waals surface area contributed by atoms with E-state index in [1.807, 2.05) is 0 Å². The molecule has 1 N–H and O–H groups in total. The van der Waals surface area contributed by atoms with Crippen LogP contribution in [0.5, 0.6) is 0 Å². The fraction of sp³-hybridized carbons (Fsp3) is 0.250. The van der Waals surface area contributed by atoms with Crippen LogP contribution in [-0.2, 0) is 4.79 Å². The molecule has 1 rings (SSSR count). The first kappa shape index (κ1) is 8.52. The highest BCUT2D eigenvalue weighted by atomic mass is 16.4. The molecule has 0 bridgehead atoms. The van der Waals surface area contributed by atoms with Crippen LogP contribution in [0.15, 0.2) is 25.0 Å². The highest BCUT2D eigenvalue weighted by Gasteiger charge is 2.15. The summed E-state index contributed by atoms with van der Waals surface area (Å²) in [5.74, 6) is -0.256. The zero-order valence-electron chi connectivity index (χ0n) is 6.77. The lowest BCUT2D eigenvalue weighted by Crippen LogP contribution is -2.16. The van der Waals surface area contributed by atoms with Gasteiger partial charge in [0.2, 0.25) is 0 Å². The summed E-state index contributed by atoms with van der Waals surface area (Å²) in [5.41, 5.74) is 0. The lowest BCUT2D eigenvalue weighted by atomic mass is 10.3. The molecule has 1 unspecified atom stereocenters. The predicted octanol–water partition coefficient (Wildman–Crippen LogP) is 1.00. The van der Waals surface area contributed by atoms with Crippen molar-refractivity contribution < 1.29 is 9.90 Å². The van der Waals surface area contributed by atoms with Gasteiger partial charge in [-0.2, -0.15) is 0 Å². The SMILES string of the molecule is C=CC(C(=O)O)n1ccnc1C. The summed E-state index contributed by atoms with van der Waals surface area (Å²) >= 11 is 0. The number of carboxylic acids is 1. The molecule has 1 heterocycles. The number of nitrogens with zero attached hydrogens (tertiary/aromatic N) is 2. The monoisotopic (exact) mass is 166 g/mol. The third-order valence-corrected chi connectivity index (χ3v) is 1.64. The van der Waals surface area contributed by atoms with Gasteiger partial charge in [-0.3, -0.25) is 0 Å². The fourth-order valence-corrected chi connectivity index (χ4v) is 1.01. The van der Waals surface area contributed by atoms with E-state index in [0.717, 1.165) is 0 Å². The largest absolute Gasteiger partial charge is 0.479 e. The molecule has 4 nitrogen and oxygen atoms in total. The Labute approximate surface area is 70.2 Å². The number of imidazole rings is 1. The van der Waals surface area contributed by atoms with Gasteiger partial charge in [-0.15, -0.1) is 6.58 Å². The van der Waals surface area contributed by atoms with E-state index in [1.54, 1.807) is 23.9 Å². The predicted molar refractivity (Wildman–Crippen MR) is 43.8 cm³/mol. The minimum Gasteiger partial charge on any atom is -0.479 e. The number of carbonyl (C=O) groups is 1. The summed E-state index contributed by atoms with van der Waals surface area (Å²) in [7, 11) is 0. The van der Waals surface area contributed by atoms with Gasteiger partial charge in [-0.1, -0.05) is 6.08 Å². The Balaban J connectivity index is 3.02. The zero-order chi connectivity index (χ0) is 9.14. The minimum atomic E-state index is -0.925. The first-order valence-electron chi connectivity index (χ1n) is 3.51. The van der Waals surface area contributed by atoms with Crippen LogP contribution in [0.1, 0.15) is 11.9 Å². The van der Waals surface area contributed by atoms with Gasteiger partial charge in [0.15, 0.2) is 6.04 Å². The van der Waals surface area contributed by atoms with Crippen molar-refractivity contribution in [2.45, 2.75) is 13.0 Å². The van der Waals surface area contributed by atoms with Gasteiger partial charge in [0.1, 0.15) is 5.82 Å². The lowest BCUT2D eigenvalue weighted by molar-refractivity contribution is -0.139. The maximum Gasteiger partial charge on any atom is 0.330 e. The second kappa shape index (κ2) is 3.21. The lowest BCUT2D eigenvalue weighted by Gasteiger charge is -2.09. The molecule has 0 radical (unpaired) electrons. The molecule has 1 aromatic heterocycles. The van der Waals surface area contributed by atoms with Gasteiger partial charge in [0.05, 0.1) is 0 Å². The Morgan fingerprint density at radius 1 is 1.92 bits per heavy atom. The van der Waals surface area contributed by atoms with Gasteiger partial charge in [0.25, 0.3) is 0 Å². The number of aromatic nitrogens is 2. The van der Waals surface area contributed by atoms with Crippen molar-refractivity contribution in [3.05, 3.63) is 30.9 Å². The highest BCUT2D eigenvalue weighted by molar-refractivity contribution is 5.74. The van der Waals surface area contributed by atoms with E-state index in [2.05, 4.69) is 11.6 Å². The summed E-state index contributed by atoms with van der Waals surface area (Å²) in [6, 6.07) is -0.715. The van der Waals surface area contributed by atoms with Crippen molar-refractivity contribution in [3.8, 4) is 0 Å². The summed E-state index contributed by atoms with van der Waals surface area (Å²) in [6.45, 7) is 5.20. The number of rotatable bonds is 3. The molecule has 12 heavy (non-hydrogen) atoms. The standard InChI is InChI=1S/C8H10N2O2/c1-3-7(8(11)12)10-5-4-9-6(10)2/h3-5,7H,1H2,2H3,(H,11,12). The molecular formula is C8H10N2O2. The summed E-state index contributed by atoms with van der Waals surface area (Å²) in [6.07, 6.45) is 4.56. The van der Waals surface area contributed by atoms with Gasteiger partial charge < -0.3 is 9.67 Å². The molecule has 4 heteroatoms. The average Bonchev–Trinajstić information content (AvgIpc) is 2.38. The Hall–Kier alpha value is -1.58. The van der Waals surface area contributed by atoms with Crippen LogP contribution in [0.2, 0.25) is 0 Å². The maximum atomic E-state index is 10.7. The number of aliphatic carboxylic acids is 1. The second-order valence-corrected chi connectivity index (χ2v) is 2.40. The average molecular weight is 166 g/mol. The van der Waals surface area contributed by atoms with E-state index in [9.17, 15) is 4.79 Å². The molecule has 0 aliphatic heterocycles. The van der Waals surface area contributed by atoms with Crippen LogP contribution in [0.25, 0.3) is 0 Å². The van der Waals surface area contributed by atoms with Crippen molar-refractivity contribution in [2.75, 3.05) is 0 Å². The fourth-order valence-electron chi connectivity index (χ4n) is 1.01. The molecule has 0 aliphatic carbocycles. The molecular weight excluding hydrogens is 156 g/mol. The Morgan fingerprint density at radius 3 is 2.92 bits per heavy atom. The van der Waals surface area contributed by atoms with Crippen LogP contribution in [0.4, 0.5) is 0 Å². The van der Waals surface area contributed by atoms with Crippen molar-refractivity contribution in [1.29, 1.82) is 0 Å². The van der Waals surface area contributed by atoms with Crippen molar-refractivity contribution in [1.82, 2.24) is 9.55 Å². The molecule has 0 spiro atoms. The number of aryl methyl sites for hydroxylation is 1. The quantitative estimate of drug-likeness (QED) is 0.681. The van der Waals surface area contributed by atoms with E-state index < -0.39 is 12.0 Å². The number of hydrogen-bond acceptors (Lipinski definition) is 2. The third-order valence-electron chi connectivity index (χ3n) is 1.64. The maximum absolute atomic E-state index is 10.7. The topological polar surface area (TPSA) is 55.1 Å². The first-order valence-corrected chi connectivity index (χ1v) is 3.51. The van der Waals surface area contributed by atoms with E-state index in [1.165, 1.54) is 6.08 Å². The van der Waals surface area contributed by atoms with Gasteiger partial charge in [0, 0.05) is 12.4 Å². The van der Waals surface area contributed by atoms with E-state index in [4.69, 9.17) is 5.11 Å². The van der Waals surface area contributed by atoms with Gasteiger partial charge >= 0.3 is 5.97 Å². The van der Waals surface area contributed by atoms with Crippen molar-refractivity contribution >= 4 is 5.97 Å². The van der Waals surface area contributed by atoms with Crippen molar-refractivity contribution in [3.63, 3.8) is 0 Å². The van der Waals surface area contributed by atoms with Crippen LogP contribution in [-0.4, -0.2) is 20.6 Å². The summed E-state index contributed by atoms with van der Waals surface area (Å²) in [4.78, 5) is 14.6. The van der Waals surface area contributed by atoms with E-state index in [0.29, 0.717) is 5.82 Å². The highest BCUT2D eigenvalue weighted by Crippen LogP contribution is 2.09. The molecule has 1 atom stereocenters. The molecule has 0 aromatic carbocycles. The van der Waals surface area contributed by atoms with Crippen LogP contribution < -0.4 is 0 Å².